The van der Waals surface area contributed by atoms with Gasteiger partial charge in [-0.25, -0.2) is 0 Å². The van der Waals surface area contributed by atoms with Crippen LogP contribution in [0.1, 0.15) is 36.3 Å². The molecule has 0 aliphatic carbocycles. The number of aromatic amines is 1. The van der Waals surface area contributed by atoms with Gasteiger partial charge >= 0.3 is 0 Å². The lowest BCUT2D eigenvalue weighted by Gasteiger charge is -2.46. The van der Waals surface area contributed by atoms with Gasteiger partial charge in [0.05, 0.1) is 33.4 Å². The lowest BCUT2D eigenvalue weighted by atomic mass is 9.86. The summed E-state index contributed by atoms with van der Waals surface area (Å²) < 4.78 is 20.5. The first kappa shape index (κ1) is 33.4. The minimum absolute atomic E-state index is 0.0235. The number of para-hydroxylation sites is 1. The maximum atomic E-state index is 13.1. The van der Waals surface area contributed by atoms with E-state index in [9.17, 15) is 9.90 Å². The molecule has 0 saturated heterocycles. The molecule has 48 heavy (non-hydrogen) atoms. The van der Waals surface area contributed by atoms with Crippen molar-refractivity contribution in [2.75, 3.05) is 26.1 Å². The molecule has 0 saturated carbocycles. The van der Waals surface area contributed by atoms with Gasteiger partial charge in [0.25, 0.3) is 0 Å². The Morgan fingerprint density at radius 1 is 1.12 bits per heavy atom. The van der Waals surface area contributed by atoms with Crippen molar-refractivity contribution in [2.24, 2.45) is 5.92 Å². The number of methoxy groups -OCH3 is 2. The second-order valence-electron chi connectivity index (χ2n) is 13.2. The van der Waals surface area contributed by atoms with Crippen LogP contribution in [-0.2, 0) is 28.9 Å². The number of nitrogens with one attached hydrogen (secondary N) is 2. The number of ether oxygens (including phenoxy) is 3. The van der Waals surface area contributed by atoms with Crippen LogP contribution in [-0.4, -0.2) is 66.0 Å². The van der Waals surface area contributed by atoms with Crippen LogP contribution in [0.3, 0.4) is 0 Å². The Hall–Kier alpha value is -4.45. The molecule has 252 valence electrons. The predicted molar refractivity (Wildman–Crippen MR) is 190 cm³/mol. The predicted octanol–water partition coefficient (Wildman–Crippen LogP) is 5.64. The molecule has 4 atom stereocenters. The molecule has 3 N–H and O–H groups in total. The lowest BCUT2D eigenvalue weighted by Crippen LogP contribution is -2.54. The fourth-order valence-electron chi connectivity index (χ4n) is 7.23. The van der Waals surface area contributed by atoms with E-state index in [2.05, 4.69) is 52.8 Å². The van der Waals surface area contributed by atoms with Crippen molar-refractivity contribution < 1.29 is 24.1 Å². The van der Waals surface area contributed by atoms with Gasteiger partial charge in [-0.15, -0.1) is 5.10 Å². The van der Waals surface area contributed by atoms with Crippen molar-refractivity contribution in [2.45, 2.75) is 63.6 Å². The van der Waals surface area contributed by atoms with Gasteiger partial charge in [0.15, 0.2) is 0 Å². The number of fused-ring (bicyclic) bond motifs is 2. The summed E-state index contributed by atoms with van der Waals surface area (Å²) in [7, 11) is 1.25. The van der Waals surface area contributed by atoms with Crippen molar-refractivity contribution in [3.63, 3.8) is 0 Å². The molecule has 6 rings (SSSR count). The quantitative estimate of drug-likeness (QED) is 0.139. The standard InChI is InChI=1S/C37H45N5O5Si/c1-24-36(46-3)31-21-26(39-35(44)20-25-22-38-32-9-7-6-8-30(25)32)10-15-33(31)47-37(24)34(16-18-42-23-27(17-19-43)40-41-42)48(4,5)29-13-11-28(45-2)12-14-29/h6-15,21-24,34,36-38,43H,16-20H2,1-5H3,(H,39,44)/t24-,34?,36-,37-/m1/s1. The summed E-state index contributed by atoms with van der Waals surface area (Å²) in [5.41, 5.74) is 4.58. The lowest BCUT2D eigenvalue weighted by molar-refractivity contribution is -0.115. The average molecular weight is 668 g/mol. The second kappa shape index (κ2) is 14.3. The third kappa shape index (κ3) is 6.89. The Balaban J connectivity index is 1.26. The Kier molecular flexibility index (Phi) is 10.00. The Morgan fingerprint density at radius 2 is 1.92 bits per heavy atom. The number of hydrogen-bond donors (Lipinski definition) is 3. The first-order valence-corrected chi connectivity index (χ1v) is 19.6. The number of carbonyl (C=O) groups excluding carboxylic acids is 1. The number of H-pyrrole nitrogens is 1. The van der Waals surface area contributed by atoms with Crippen LogP contribution in [0.25, 0.3) is 10.9 Å². The van der Waals surface area contributed by atoms with E-state index in [4.69, 9.17) is 14.2 Å². The summed E-state index contributed by atoms with van der Waals surface area (Å²) in [6, 6.07) is 22.3. The van der Waals surface area contributed by atoms with E-state index in [1.54, 1.807) is 14.2 Å². The van der Waals surface area contributed by atoms with Gasteiger partial charge in [-0.05, 0) is 53.9 Å². The highest BCUT2D eigenvalue weighted by atomic mass is 28.3. The molecule has 0 radical (unpaired) electrons. The summed E-state index contributed by atoms with van der Waals surface area (Å²) in [5.74, 6) is 1.54. The van der Waals surface area contributed by atoms with E-state index in [1.807, 2.05) is 71.7 Å². The molecule has 0 fully saturated rings. The highest BCUT2D eigenvalue weighted by Crippen LogP contribution is 2.47. The summed E-state index contributed by atoms with van der Waals surface area (Å²) in [5, 5.41) is 23.4. The van der Waals surface area contributed by atoms with Crippen LogP contribution in [0.2, 0.25) is 18.6 Å². The third-order valence-corrected chi connectivity index (χ3v) is 14.2. The minimum atomic E-state index is -2.18. The SMILES string of the molecule is COc1ccc([Si](C)(C)C(CCn2cc(CCO)nn2)[C@@H]2Oc3ccc(NC(=O)Cc4c[nH]c5ccccc45)cc3[C@H](OC)[C@H]2C)cc1. The number of hydrogen-bond acceptors (Lipinski definition) is 7. The van der Waals surface area contributed by atoms with Gasteiger partial charge in [0.1, 0.15) is 17.6 Å². The van der Waals surface area contributed by atoms with Crippen LogP contribution < -0.4 is 20.0 Å². The number of rotatable bonds is 13. The normalized spacial score (nSPS) is 18.2. The molecule has 11 heteroatoms. The van der Waals surface area contributed by atoms with E-state index < -0.39 is 8.07 Å². The number of aliphatic hydroxyl groups is 1. The fraction of sp³-hybridized carbons (Fsp3) is 0.378. The summed E-state index contributed by atoms with van der Waals surface area (Å²) in [6.07, 6.45) is 5.04. The minimum Gasteiger partial charge on any atom is -0.497 e. The Morgan fingerprint density at radius 3 is 2.67 bits per heavy atom. The van der Waals surface area contributed by atoms with Gasteiger partial charge in [-0.1, -0.05) is 60.7 Å². The van der Waals surface area contributed by atoms with Crippen molar-refractivity contribution in [3.05, 3.63) is 95.9 Å². The molecule has 5 aromatic rings. The molecule has 0 spiro atoms. The number of nitrogens with zero attached hydrogens (tertiary/aromatic N) is 3. The zero-order valence-corrected chi connectivity index (χ0v) is 29.3. The molecule has 1 amide bonds. The summed E-state index contributed by atoms with van der Waals surface area (Å²) >= 11 is 0. The van der Waals surface area contributed by atoms with Crippen LogP contribution in [0.15, 0.2) is 79.1 Å². The van der Waals surface area contributed by atoms with E-state index in [0.29, 0.717) is 18.7 Å². The largest absolute Gasteiger partial charge is 0.497 e. The third-order valence-electron chi connectivity index (χ3n) is 9.92. The van der Waals surface area contributed by atoms with E-state index in [0.717, 1.165) is 45.6 Å². The number of amides is 1. The summed E-state index contributed by atoms with van der Waals surface area (Å²) in [4.78, 5) is 16.4. The number of anilines is 1. The van der Waals surface area contributed by atoms with Crippen molar-refractivity contribution in [1.29, 1.82) is 0 Å². The molecule has 1 aliphatic heterocycles. The first-order valence-electron chi connectivity index (χ1n) is 16.5. The molecular formula is C37H45N5O5Si. The van der Waals surface area contributed by atoms with Gasteiger partial charge in [-0.3, -0.25) is 9.48 Å². The number of carbonyl (C=O) groups is 1. The maximum absolute atomic E-state index is 13.1. The van der Waals surface area contributed by atoms with Crippen molar-refractivity contribution >= 4 is 35.8 Å². The molecule has 2 aromatic heterocycles. The highest BCUT2D eigenvalue weighted by molar-refractivity contribution is 6.91. The van der Waals surface area contributed by atoms with Gasteiger partial charge in [-0.2, -0.15) is 0 Å². The van der Waals surface area contributed by atoms with Gasteiger partial charge < -0.3 is 29.6 Å². The van der Waals surface area contributed by atoms with Crippen LogP contribution in [0.5, 0.6) is 11.5 Å². The Bertz CT molecular complexity index is 1850. The molecule has 3 aromatic carbocycles. The monoisotopic (exact) mass is 667 g/mol. The van der Waals surface area contributed by atoms with Gasteiger partial charge in [0.2, 0.25) is 5.91 Å². The number of aliphatic hydroxyl groups excluding tert-OH is 1. The number of aromatic nitrogens is 4. The number of aryl methyl sites for hydroxylation is 1. The highest BCUT2D eigenvalue weighted by Gasteiger charge is 2.47. The molecule has 1 aliphatic rings. The van der Waals surface area contributed by atoms with E-state index in [-0.39, 0.29) is 42.6 Å². The van der Waals surface area contributed by atoms with Gasteiger partial charge in [0, 0.05) is 67.1 Å². The molecule has 1 unspecified atom stereocenters. The van der Waals surface area contributed by atoms with Crippen LogP contribution in [0.4, 0.5) is 5.69 Å². The zero-order chi connectivity index (χ0) is 33.8. The smallest absolute Gasteiger partial charge is 0.228 e. The van der Waals surface area contributed by atoms with Crippen molar-refractivity contribution in [1.82, 2.24) is 20.0 Å². The fourth-order valence-corrected chi connectivity index (χ4v) is 10.7. The van der Waals surface area contributed by atoms with E-state index >= 15 is 0 Å². The Labute approximate surface area is 282 Å². The molecule has 0 bridgehead atoms. The zero-order valence-electron chi connectivity index (χ0n) is 28.3. The maximum Gasteiger partial charge on any atom is 0.228 e. The van der Waals surface area contributed by atoms with Crippen molar-refractivity contribution in [3.8, 4) is 11.5 Å². The number of benzene rings is 3. The first-order chi connectivity index (χ1) is 23.2. The van der Waals surface area contributed by atoms with E-state index in [1.165, 1.54) is 5.19 Å². The molecule has 3 heterocycles. The average Bonchev–Trinajstić information content (AvgIpc) is 3.72. The van der Waals surface area contributed by atoms with Crippen LogP contribution in [0, 0.1) is 5.92 Å². The summed E-state index contributed by atoms with van der Waals surface area (Å²) in [6.45, 7) is 7.72. The molecule has 10 nitrogen and oxygen atoms in total. The molecular weight excluding hydrogens is 623 g/mol. The van der Waals surface area contributed by atoms with Crippen LogP contribution >= 0.6 is 0 Å². The topological polar surface area (TPSA) is 124 Å². The second-order valence-corrected chi connectivity index (χ2v) is 18.0.